The fourth-order valence-corrected chi connectivity index (χ4v) is 4.85. The van der Waals surface area contributed by atoms with E-state index in [1.807, 2.05) is 54.1 Å². The van der Waals surface area contributed by atoms with Gasteiger partial charge in [-0.05, 0) is 54.9 Å². The van der Waals surface area contributed by atoms with Gasteiger partial charge in [-0.1, -0.05) is 6.07 Å². The summed E-state index contributed by atoms with van der Waals surface area (Å²) < 4.78 is 7.39. The molecule has 0 aliphatic rings. The number of rotatable bonds is 4. The lowest BCUT2D eigenvalue weighted by Crippen LogP contribution is -2.20. The Morgan fingerprint density at radius 3 is 2.68 bits per heavy atom. The first-order valence-electron chi connectivity index (χ1n) is 7.72. The molecule has 0 unspecified atom stereocenters. The van der Waals surface area contributed by atoms with Crippen LogP contribution in [-0.2, 0) is 0 Å². The van der Waals surface area contributed by atoms with Crippen LogP contribution in [0.2, 0.25) is 0 Å². The number of aromatic amines is 1. The zero-order valence-electron chi connectivity index (χ0n) is 13.3. The van der Waals surface area contributed by atoms with Crippen molar-refractivity contribution >= 4 is 45.1 Å². The third-order valence-electron chi connectivity index (χ3n) is 3.82. The van der Waals surface area contributed by atoms with Gasteiger partial charge in [0.15, 0.2) is 4.77 Å². The summed E-state index contributed by atoms with van der Waals surface area (Å²) in [5.74, 6) is 0.769. The maximum Gasteiger partial charge on any atom is 0.268 e. The predicted octanol–water partition coefficient (Wildman–Crippen LogP) is 5.24. The Bertz CT molecular complexity index is 1140. The molecular weight excluding hydrogens is 372 g/mol. The average molecular weight is 387 g/mol. The van der Waals surface area contributed by atoms with Crippen molar-refractivity contribution in [2.24, 2.45) is 0 Å². The molecule has 0 radical (unpaired) electrons. The first kappa shape index (κ1) is 16.3. The van der Waals surface area contributed by atoms with Crippen LogP contribution < -0.4 is 10.3 Å². The van der Waals surface area contributed by atoms with Gasteiger partial charge in [0.05, 0.1) is 17.7 Å². The molecular formula is C18H14N2O2S3. The van der Waals surface area contributed by atoms with Crippen molar-refractivity contribution in [3.05, 3.63) is 62.3 Å². The van der Waals surface area contributed by atoms with Crippen molar-refractivity contribution in [3.8, 4) is 21.9 Å². The molecule has 3 heterocycles. The predicted molar refractivity (Wildman–Crippen MR) is 107 cm³/mol. The van der Waals surface area contributed by atoms with Gasteiger partial charge in [-0.3, -0.25) is 9.36 Å². The Kier molecular flexibility index (Phi) is 4.29. The van der Waals surface area contributed by atoms with Crippen molar-refractivity contribution in [2.75, 3.05) is 6.61 Å². The highest BCUT2D eigenvalue weighted by Crippen LogP contribution is 2.33. The summed E-state index contributed by atoms with van der Waals surface area (Å²) in [5, 5.41) is 4.69. The van der Waals surface area contributed by atoms with Crippen molar-refractivity contribution in [1.82, 2.24) is 9.55 Å². The molecule has 7 heteroatoms. The van der Waals surface area contributed by atoms with Gasteiger partial charge in [0.25, 0.3) is 5.56 Å². The summed E-state index contributed by atoms with van der Waals surface area (Å²) in [4.78, 5) is 18.3. The molecule has 0 fully saturated rings. The van der Waals surface area contributed by atoms with Gasteiger partial charge in [0.2, 0.25) is 0 Å². The summed E-state index contributed by atoms with van der Waals surface area (Å²) >= 11 is 8.55. The van der Waals surface area contributed by atoms with Crippen LogP contribution in [0, 0.1) is 4.77 Å². The summed E-state index contributed by atoms with van der Waals surface area (Å²) in [5.41, 5.74) is 1.57. The summed E-state index contributed by atoms with van der Waals surface area (Å²) in [6.45, 7) is 2.54. The molecule has 0 saturated heterocycles. The molecule has 1 N–H and O–H groups in total. The number of ether oxygens (including phenoxy) is 1. The number of benzene rings is 1. The highest BCUT2D eigenvalue weighted by atomic mass is 32.1. The highest BCUT2D eigenvalue weighted by Gasteiger charge is 2.15. The standard InChI is InChI=1S/C18H14N2O2S3/c1-2-22-12-7-5-11(6-8-12)20-17(21)15-13(14-4-3-9-24-14)10-25-16(15)19-18(20)23/h3-10H,2H2,1H3,(H,19,23). The smallest absolute Gasteiger partial charge is 0.268 e. The molecule has 0 saturated carbocycles. The molecule has 126 valence electrons. The van der Waals surface area contributed by atoms with E-state index >= 15 is 0 Å². The second-order valence-electron chi connectivity index (χ2n) is 5.33. The number of hydrogen-bond donors (Lipinski definition) is 1. The van der Waals surface area contributed by atoms with Crippen LogP contribution in [0.5, 0.6) is 5.75 Å². The molecule has 3 aromatic heterocycles. The number of hydrogen-bond acceptors (Lipinski definition) is 5. The number of aromatic nitrogens is 2. The first-order chi connectivity index (χ1) is 12.2. The lowest BCUT2D eigenvalue weighted by molar-refractivity contribution is 0.340. The highest BCUT2D eigenvalue weighted by molar-refractivity contribution is 7.71. The monoisotopic (exact) mass is 386 g/mol. The van der Waals surface area contributed by atoms with E-state index in [-0.39, 0.29) is 5.56 Å². The molecule has 4 rings (SSSR count). The van der Waals surface area contributed by atoms with Crippen LogP contribution in [-0.4, -0.2) is 16.2 Å². The van der Waals surface area contributed by atoms with Gasteiger partial charge < -0.3 is 9.72 Å². The van der Waals surface area contributed by atoms with E-state index in [0.717, 1.165) is 26.7 Å². The Morgan fingerprint density at radius 2 is 2.00 bits per heavy atom. The second kappa shape index (κ2) is 6.59. The molecule has 25 heavy (non-hydrogen) atoms. The topological polar surface area (TPSA) is 47.0 Å². The molecule has 0 aliphatic carbocycles. The van der Waals surface area contributed by atoms with Crippen LogP contribution in [0.3, 0.4) is 0 Å². The number of thiophene rings is 2. The van der Waals surface area contributed by atoms with Crippen molar-refractivity contribution in [1.29, 1.82) is 0 Å². The summed E-state index contributed by atoms with van der Waals surface area (Å²) in [6, 6.07) is 11.4. The third-order valence-corrected chi connectivity index (χ3v) is 5.91. The zero-order chi connectivity index (χ0) is 17.4. The van der Waals surface area contributed by atoms with E-state index in [9.17, 15) is 4.79 Å². The van der Waals surface area contributed by atoms with Crippen LogP contribution in [0.15, 0.2) is 52.0 Å². The molecule has 0 atom stereocenters. The fourth-order valence-electron chi connectivity index (χ4n) is 2.73. The van der Waals surface area contributed by atoms with Crippen LogP contribution in [0.4, 0.5) is 0 Å². The number of H-pyrrole nitrogens is 1. The molecule has 0 bridgehead atoms. The SMILES string of the molecule is CCOc1ccc(-n2c(=S)[nH]c3scc(-c4cccs4)c3c2=O)cc1. The number of nitrogens with zero attached hydrogens (tertiary/aromatic N) is 1. The molecule has 0 aliphatic heterocycles. The minimum Gasteiger partial charge on any atom is -0.494 e. The van der Waals surface area contributed by atoms with Crippen LogP contribution in [0.1, 0.15) is 6.92 Å². The molecule has 1 aromatic carbocycles. The molecule has 0 amide bonds. The largest absolute Gasteiger partial charge is 0.494 e. The maximum atomic E-state index is 13.2. The first-order valence-corrected chi connectivity index (χ1v) is 9.89. The van der Waals surface area contributed by atoms with Gasteiger partial charge in [-0.25, -0.2) is 0 Å². The van der Waals surface area contributed by atoms with Crippen molar-refractivity contribution < 1.29 is 4.74 Å². The van der Waals surface area contributed by atoms with Crippen molar-refractivity contribution in [3.63, 3.8) is 0 Å². The van der Waals surface area contributed by atoms with Gasteiger partial charge in [-0.15, -0.1) is 22.7 Å². The quantitative estimate of drug-likeness (QED) is 0.488. The fraction of sp³-hybridized carbons (Fsp3) is 0.111. The Balaban J connectivity index is 1.94. The van der Waals surface area contributed by atoms with Gasteiger partial charge in [-0.2, -0.15) is 0 Å². The minimum atomic E-state index is -0.104. The molecule has 4 aromatic rings. The zero-order valence-corrected chi connectivity index (χ0v) is 15.8. The molecule has 0 spiro atoms. The Morgan fingerprint density at radius 1 is 1.20 bits per heavy atom. The van der Waals surface area contributed by atoms with E-state index in [0.29, 0.717) is 16.8 Å². The van der Waals surface area contributed by atoms with Crippen LogP contribution >= 0.6 is 34.9 Å². The lowest BCUT2D eigenvalue weighted by atomic mass is 10.2. The second-order valence-corrected chi connectivity index (χ2v) is 7.54. The van der Waals surface area contributed by atoms with Gasteiger partial charge >= 0.3 is 0 Å². The van der Waals surface area contributed by atoms with E-state index in [1.165, 1.54) is 15.9 Å². The normalized spacial score (nSPS) is 11.1. The van der Waals surface area contributed by atoms with E-state index in [4.69, 9.17) is 17.0 Å². The Labute approximate surface area is 157 Å². The number of nitrogens with one attached hydrogen (secondary N) is 1. The van der Waals surface area contributed by atoms with Gasteiger partial charge in [0.1, 0.15) is 10.6 Å². The third kappa shape index (κ3) is 2.84. The average Bonchev–Trinajstić information content (AvgIpc) is 3.25. The van der Waals surface area contributed by atoms with E-state index < -0.39 is 0 Å². The minimum absolute atomic E-state index is 0.104. The van der Waals surface area contributed by atoms with Crippen LogP contribution in [0.25, 0.3) is 26.3 Å². The van der Waals surface area contributed by atoms with E-state index in [2.05, 4.69) is 4.98 Å². The molecule has 4 nitrogen and oxygen atoms in total. The number of fused-ring (bicyclic) bond motifs is 1. The summed E-state index contributed by atoms with van der Waals surface area (Å²) in [6.07, 6.45) is 0. The lowest BCUT2D eigenvalue weighted by Gasteiger charge is -2.08. The van der Waals surface area contributed by atoms with Crippen molar-refractivity contribution in [2.45, 2.75) is 6.92 Å². The van der Waals surface area contributed by atoms with Gasteiger partial charge in [0, 0.05) is 15.8 Å². The summed E-state index contributed by atoms with van der Waals surface area (Å²) in [7, 11) is 0. The van der Waals surface area contributed by atoms with E-state index in [1.54, 1.807) is 11.3 Å². The maximum absolute atomic E-state index is 13.2. The Hall–Kier alpha value is -2.22.